The Bertz CT molecular complexity index is 1320. The van der Waals surface area contributed by atoms with Crippen molar-refractivity contribution in [3.05, 3.63) is 77.9 Å². The van der Waals surface area contributed by atoms with Gasteiger partial charge in [0.1, 0.15) is 5.82 Å². The summed E-state index contributed by atoms with van der Waals surface area (Å²) in [6.45, 7) is 0. The summed E-state index contributed by atoms with van der Waals surface area (Å²) in [6.07, 6.45) is -0.218. The van der Waals surface area contributed by atoms with Gasteiger partial charge in [0.05, 0.1) is 16.3 Å². The predicted molar refractivity (Wildman–Crippen MR) is 117 cm³/mol. The van der Waals surface area contributed by atoms with Gasteiger partial charge in [0.15, 0.2) is 15.0 Å². The lowest BCUT2D eigenvalue weighted by Gasteiger charge is -2.05. The SMILES string of the molecule is O=C(CCS(=O)(=O)c1ccc(F)cc1)Nc1nc(-c2ccc3ccccc3c2)cs1. The molecule has 0 spiro atoms. The number of halogens is 1. The Morgan fingerprint density at radius 1 is 1.00 bits per heavy atom. The first-order valence-corrected chi connectivity index (χ1v) is 11.7. The van der Waals surface area contributed by atoms with Crippen LogP contribution in [-0.4, -0.2) is 25.1 Å². The van der Waals surface area contributed by atoms with Crippen LogP contribution < -0.4 is 5.32 Å². The summed E-state index contributed by atoms with van der Waals surface area (Å²) in [7, 11) is -3.67. The lowest BCUT2D eigenvalue weighted by Crippen LogP contribution is -2.17. The molecule has 1 aromatic heterocycles. The topological polar surface area (TPSA) is 76.1 Å². The minimum absolute atomic E-state index is 0.00969. The number of benzene rings is 3. The van der Waals surface area contributed by atoms with Crippen molar-refractivity contribution in [2.24, 2.45) is 0 Å². The molecule has 4 aromatic rings. The molecule has 0 atom stereocenters. The molecule has 0 saturated carbocycles. The fourth-order valence-electron chi connectivity index (χ4n) is 2.98. The molecule has 0 saturated heterocycles. The molecular weight excluding hydrogens is 423 g/mol. The number of anilines is 1. The number of thiazole rings is 1. The van der Waals surface area contributed by atoms with Crippen LogP contribution in [0.5, 0.6) is 0 Å². The van der Waals surface area contributed by atoms with Crippen LogP contribution in [0.25, 0.3) is 22.0 Å². The van der Waals surface area contributed by atoms with Crippen LogP contribution >= 0.6 is 11.3 Å². The van der Waals surface area contributed by atoms with Gasteiger partial charge in [-0.25, -0.2) is 17.8 Å². The van der Waals surface area contributed by atoms with E-state index < -0.39 is 21.6 Å². The second-order valence-corrected chi connectivity index (χ2v) is 9.64. The van der Waals surface area contributed by atoms with Gasteiger partial charge in [-0.05, 0) is 41.1 Å². The van der Waals surface area contributed by atoms with Gasteiger partial charge in [-0.2, -0.15) is 0 Å². The quantitative estimate of drug-likeness (QED) is 0.433. The predicted octanol–water partition coefficient (Wildman–Crippen LogP) is 4.90. The monoisotopic (exact) mass is 440 g/mol. The summed E-state index contributed by atoms with van der Waals surface area (Å²) >= 11 is 1.28. The van der Waals surface area contributed by atoms with Gasteiger partial charge in [-0.3, -0.25) is 4.79 Å². The molecule has 0 aliphatic carbocycles. The summed E-state index contributed by atoms with van der Waals surface area (Å²) in [5, 5.41) is 7.12. The highest BCUT2D eigenvalue weighted by molar-refractivity contribution is 7.91. The van der Waals surface area contributed by atoms with Gasteiger partial charge in [0, 0.05) is 17.4 Å². The van der Waals surface area contributed by atoms with E-state index in [1.807, 2.05) is 47.8 Å². The van der Waals surface area contributed by atoms with Gasteiger partial charge in [0.25, 0.3) is 0 Å². The molecule has 152 valence electrons. The van der Waals surface area contributed by atoms with Crippen molar-refractivity contribution in [3.63, 3.8) is 0 Å². The molecule has 3 aromatic carbocycles. The molecule has 1 N–H and O–H groups in total. The van der Waals surface area contributed by atoms with Crippen LogP contribution in [0.2, 0.25) is 0 Å². The fourth-order valence-corrected chi connectivity index (χ4v) is 4.96. The number of fused-ring (bicyclic) bond motifs is 1. The van der Waals surface area contributed by atoms with Crippen molar-refractivity contribution in [2.75, 3.05) is 11.1 Å². The van der Waals surface area contributed by atoms with Crippen LogP contribution in [0, 0.1) is 5.82 Å². The van der Waals surface area contributed by atoms with Crippen LogP contribution in [0.1, 0.15) is 6.42 Å². The highest BCUT2D eigenvalue weighted by Gasteiger charge is 2.17. The number of nitrogens with zero attached hydrogens (tertiary/aromatic N) is 1. The van der Waals surface area contributed by atoms with Gasteiger partial charge in [-0.1, -0.05) is 36.4 Å². The highest BCUT2D eigenvalue weighted by Crippen LogP contribution is 2.28. The van der Waals surface area contributed by atoms with Crippen molar-refractivity contribution in [1.82, 2.24) is 4.98 Å². The van der Waals surface area contributed by atoms with E-state index in [0.29, 0.717) is 5.13 Å². The summed E-state index contributed by atoms with van der Waals surface area (Å²) < 4.78 is 37.5. The first-order chi connectivity index (χ1) is 14.4. The highest BCUT2D eigenvalue weighted by atomic mass is 32.2. The Labute approximate surface area is 177 Å². The maximum atomic E-state index is 13.0. The van der Waals surface area contributed by atoms with E-state index >= 15 is 0 Å². The van der Waals surface area contributed by atoms with E-state index in [2.05, 4.69) is 10.3 Å². The van der Waals surface area contributed by atoms with E-state index in [-0.39, 0.29) is 17.1 Å². The van der Waals surface area contributed by atoms with Crippen LogP contribution in [-0.2, 0) is 14.6 Å². The molecule has 0 fully saturated rings. The Morgan fingerprint density at radius 2 is 1.73 bits per heavy atom. The molecule has 1 amide bonds. The zero-order valence-electron chi connectivity index (χ0n) is 15.7. The molecule has 4 rings (SSSR count). The number of hydrogen-bond donors (Lipinski definition) is 1. The number of rotatable bonds is 6. The second kappa shape index (κ2) is 8.33. The number of nitrogens with one attached hydrogen (secondary N) is 1. The normalized spacial score (nSPS) is 11.5. The Morgan fingerprint density at radius 3 is 2.50 bits per heavy atom. The van der Waals surface area contributed by atoms with Gasteiger partial charge in [0.2, 0.25) is 5.91 Å². The number of sulfone groups is 1. The molecule has 0 unspecified atom stereocenters. The summed E-state index contributed by atoms with van der Waals surface area (Å²) in [6, 6.07) is 18.6. The fraction of sp³-hybridized carbons (Fsp3) is 0.0909. The number of carbonyl (C=O) groups is 1. The van der Waals surface area contributed by atoms with Gasteiger partial charge < -0.3 is 5.32 Å². The Balaban J connectivity index is 1.40. The Hall–Kier alpha value is -3.10. The molecule has 0 aliphatic heterocycles. The third-order valence-corrected chi connectivity index (χ3v) is 7.06. The van der Waals surface area contributed by atoms with Crippen molar-refractivity contribution < 1.29 is 17.6 Å². The standard InChI is InChI=1S/C22H17FN2O3S2/c23-18-7-9-19(10-8-18)30(27,28)12-11-21(26)25-22-24-20(14-29-22)17-6-5-15-3-1-2-4-16(15)13-17/h1-10,13-14H,11-12H2,(H,24,25,26). The average Bonchev–Trinajstić information content (AvgIpc) is 3.21. The number of aromatic nitrogens is 1. The molecule has 5 nitrogen and oxygen atoms in total. The molecule has 0 bridgehead atoms. The summed E-state index contributed by atoms with van der Waals surface area (Å²) in [4.78, 5) is 16.6. The zero-order chi connectivity index (χ0) is 21.1. The second-order valence-electron chi connectivity index (χ2n) is 6.67. The van der Waals surface area contributed by atoms with E-state index in [1.165, 1.54) is 23.5 Å². The first-order valence-electron chi connectivity index (χ1n) is 9.14. The maximum Gasteiger partial charge on any atom is 0.227 e. The average molecular weight is 441 g/mol. The molecular formula is C22H17FN2O3S2. The summed E-state index contributed by atoms with van der Waals surface area (Å²) in [5.74, 6) is -1.33. The van der Waals surface area contributed by atoms with E-state index in [9.17, 15) is 17.6 Å². The zero-order valence-corrected chi connectivity index (χ0v) is 17.3. The third kappa shape index (κ3) is 4.55. The van der Waals surface area contributed by atoms with Crippen LogP contribution in [0.15, 0.2) is 77.0 Å². The molecule has 30 heavy (non-hydrogen) atoms. The number of amides is 1. The molecule has 0 radical (unpaired) electrons. The Kier molecular flexibility index (Phi) is 5.61. The van der Waals surface area contributed by atoms with Crippen LogP contribution in [0.3, 0.4) is 0 Å². The van der Waals surface area contributed by atoms with Crippen molar-refractivity contribution in [1.29, 1.82) is 0 Å². The van der Waals surface area contributed by atoms with E-state index in [4.69, 9.17) is 0 Å². The maximum absolute atomic E-state index is 13.0. The van der Waals surface area contributed by atoms with Crippen LogP contribution in [0.4, 0.5) is 9.52 Å². The molecule has 1 heterocycles. The molecule has 8 heteroatoms. The number of hydrogen-bond acceptors (Lipinski definition) is 5. The van der Waals surface area contributed by atoms with Crippen molar-refractivity contribution >= 4 is 43.0 Å². The smallest absolute Gasteiger partial charge is 0.227 e. The van der Waals surface area contributed by atoms with E-state index in [1.54, 1.807) is 0 Å². The minimum Gasteiger partial charge on any atom is -0.302 e. The largest absolute Gasteiger partial charge is 0.302 e. The van der Waals surface area contributed by atoms with Gasteiger partial charge >= 0.3 is 0 Å². The molecule has 0 aliphatic rings. The lowest BCUT2D eigenvalue weighted by molar-refractivity contribution is -0.115. The van der Waals surface area contributed by atoms with Gasteiger partial charge in [-0.15, -0.1) is 11.3 Å². The lowest BCUT2D eigenvalue weighted by atomic mass is 10.1. The minimum atomic E-state index is -3.67. The first kappa shape index (κ1) is 20.2. The van der Waals surface area contributed by atoms with Crippen molar-refractivity contribution in [2.45, 2.75) is 11.3 Å². The third-order valence-electron chi connectivity index (χ3n) is 4.57. The number of carbonyl (C=O) groups excluding carboxylic acids is 1. The summed E-state index contributed by atoms with van der Waals surface area (Å²) in [5.41, 5.74) is 1.67. The van der Waals surface area contributed by atoms with Crippen molar-refractivity contribution in [3.8, 4) is 11.3 Å². The van der Waals surface area contributed by atoms with E-state index in [0.717, 1.165) is 34.2 Å².